The molecular weight excluding hydrogens is 416 g/mol. The van der Waals surface area contributed by atoms with E-state index in [4.69, 9.17) is 0 Å². The maximum absolute atomic E-state index is 13.4. The molecule has 1 aromatic carbocycles. The van der Waals surface area contributed by atoms with Gasteiger partial charge in [-0.3, -0.25) is 14.3 Å². The molecule has 0 atom stereocenters. The number of hydrogen-bond acceptors (Lipinski definition) is 3. The van der Waals surface area contributed by atoms with E-state index in [-0.39, 0.29) is 18.4 Å². The summed E-state index contributed by atoms with van der Waals surface area (Å²) in [5.41, 5.74) is 2.78. The highest BCUT2D eigenvalue weighted by Gasteiger charge is 2.53. The summed E-state index contributed by atoms with van der Waals surface area (Å²) in [6.45, 7) is 0.719. The van der Waals surface area contributed by atoms with Crippen molar-refractivity contribution in [3.05, 3.63) is 53.0 Å². The van der Waals surface area contributed by atoms with Gasteiger partial charge in [0.25, 0.3) is 18.2 Å². The van der Waals surface area contributed by atoms with Crippen LogP contribution in [0.2, 0.25) is 0 Å². The molecule has 1 spiro atoms. The summed E-state index contributed by atoms with van der Waals surface area (Å²) in [7, 11) is 0. The number of H-pyrrole nitrogens is 1. The zero-order chi connectivity index (χ0) is 22.0. The van der Waals surface area contributed by atoms with Crippen LogP contribution in [0.4, 0.5) is 8.78 Å². The summed E-state index contributed by atoms with van der Waals surface area (Å²) in [6, 6.07) is 9.52. The van der Waals surface area contributed by atoms with Crippen LogP contribution in [0.5, 0.6) is 0 Å². The molecule has 1 N–H and O–H groups in total. The third-order valence-electron chi connectivity index (χ3n) is 7.11. The predicted octanol–water partition coefficient (Wildman–Crippen LogP) is 3.21. The molecule has 4 heterocycles. The number of halogens is 2. The number of fused-ring (bicyclic) bond motifs is 4. The number of rotatable bonds is 3. The van der Waals surface area contributed by atoms with E-state index in [1.165, 1.54) is 4.90 Å². The van der Waals surface area contributed by atoms with Crippen molar-refractivity contribution in [2.24, 2.45) is 0 Å². The van der Waals surface area contributed by atoms with Crippen LogP contribution in [0.1, 0.15) is 51.5 Å². The van der Waals surface area contributed by atoms with Crippen LogP contribution in [0, 0.1) is 0 Å². The molecule has 0 unspecified atom stereocenters. The van der Waals surface area contributed by atoms with Crippen LogP contribution < -0.4 is 0 Å². The smallest absolute Gasteiger partial charge is 0.273 e. The first-order chi connectivity index (χ1) is 15.4. The monoisotopic (exact) mass is 439 g/mol. The summed E-state index contributed by atoms with van der Waals surface area (Å²) in [5.74, 6) is -0.523. The van der Waals surface area contributed by atoms with Crippen molar-refractivity contribution in [3.63, 3.8) is 0 Å². The molecule has 1 aliphatic carbocycles. The molecule has 6 rings (SSSR count). The van der Waals surface area contributed by atoms with Gasteiger partial charge in [-0.05, 0) is 31.4 Å². The lowest BCUT2D eigenvalue weighted by molar-refractivity contribution is 0.0388. The number of carbonyl (C=O) groups is 2. The number of aromatic amines is 1. The molecule has 32 heavy (non-hydrogen) atoms. The molecule has 3 aromatic rings. The fraction of sp³-hybridized carbons (Fsp3) is 0.435. The number of benzene rings is 1. The number of para-hydroxylation sites is 1. The molecule has 2 aliphatic heterocycles. The van der Waals surface area contributed by atoms with Crippen LogP contribution in [0.25, 0.3) is 10.9 Å². The van der Waals surface area contributed by atoms with Gasteiger partial charge in [0.05, 0.1) is 18.8 Å². The predicted molar refractivity (Wildman–Crippen MR) is 113 cm³/mol. The number of nitrogens with zero attached hydrogens (tertiary/aromatic N) is 4. The Morgan fingerprint density at radius 2 is 2.00 bits per heavy atom. The lowest BCUT2D eigenvalue weighted by Crippen LogP contribution is -2.44. The van der Waals surface area contributed by atoms with E-state index >= 15 is 0 Å². The van der Waals surface area contributed by atoms with Gasteiger partial charge in [-0.1, -0.05) is 18.2 Å². The normalized spacial score (nSPS) is 19.4. The van der Waals surface area contributed by atoms with Crippen LogP contribution in [-0.4, -0.2) is 61.4 Å². The first-order valence-corrected chi connectivity index (χ1v) is 11.0. The number of carbonyl (C=O) groups excluding carboxylic acids is 2. The van der Waals surface area contributed by atoms with Crippen molar-refractivity contribution >= 4 is 22.7 Å². The SMILES string of the molecule is O=C(c1cc2ccccc2[nH]1)N1CCc2nn3c(c2C1)C(=O)N(CC(F)F)C1(CC3)CC1. The highest BCUT2D eigenvalue weighted by molar-refractivity contribution is 5.99. The molecule has 9 heteroatoms. The summed E-state index contributed by atoms with van der Waals surface area (Å²) in [4.78, 5) is 32.9. The maximum Gasteiger partial charge on any atom is 0.273 e. The Morgan fingerprint density at radius 3 is 2.75 bits per heavy atom. The summed E-state index contributed by atoms with van der Waals surface area (Å²) in [6.07, 6.45) is 0.0972. The van der Waals surface area contributed by atoms with Gasteiger partial charge in [-0.2, -0.15) is 5.10 Å². The van der Waals surface area contributed by atoms with Gasteiger partial charge >= 0.3 is 0 Å². The zero-order valence-corrected chi connectivity index (χ0v) is 17.5. The third-order valence-corrected chi connectivity index (χ3v) is 7.11. The number of nitrogens with one attached hydrogen (secondary N) is 1. The Bertz CT molecular complexity index is 1210. The molecular formula is C23H23F2N5O2. The zero-order valence-electron chi connectivity index (χ0n) is 17.5. The molecule has 0 bridgehead atoms. The molecule has 166 valence electrons. The molecule has 3 aliphatic rings. The second-order valence-electron chi connectivity index (χ2n) is 9.03. The molecule has 2 aromatic heterocycles. The molecule has 1 saturated carbocycles. The number of aryl methyl sites for hydroxylation is 1. The Labute approximate surface area is 183 Å². The van der Waals surface area contributed by atoms with Gasteiger partial charge in [0.2, 0.25) is 0 Å². The van der Waals surface area contributed by atoms with E-state index in [0.29, 0.717) is 42.9 Å². The topological polar surface area (TPSA) is 74.2 Å². The lowest BCUT2D eigenvalue weighted by Gasteiger charge is -2.31. The standard InChI is InChI=1S/C23H23F2N5O2/c24-19(25)13-29-22(32)20-15-12-28(21(31)18-11-14-3-1-2-4-16(14)26-18)9-5-17(15)27-30(20)10-8-23(29)6-7-23/h1-4,11,19,26H,5-10,12-13H2. The van der Waals surface area contributed by atoms with E-state index in [2.05, 4.69) is 10.1 Å². The third kappa shape index (κ3) is 2.94. The van der Waals surface area contributed by atoms with E-state index in [0.717, 1.165) is 29.4 Å². The van der Waals surface area contributed by atoms with Crippen LogP contribution in [0.15, 0.2) is 30.3 Å². The fourth-order valence-electron chi connectivity index (χ4n) is 5.23. The van der Waals surface area contributed by atoms with E-state index in [1.54, 1.807) is 9.58 Å². The summed E-state index contributed by atoms with van der Waals surface area (Å²) < 4.78 is 28.3. The largest absolute Gasteiger partial charge is 0.351 e. The number of hydrogen-bond donors (Lipinski definition) is 1. The van der Waals surface area contributed by atoms with E-state index in [9.17, 15) is 18.4 Å². The molecule has 2 amide bonds. The highest BCUT2D eigenvalue weighted by Crippen LogP contribution is 2.48. The Hall–Kier alpha value is -3.23. The Kier molecular flexibility index (Phi) is 4.18. The van der Waals surface area contributed by atoms with Gasteiger partial charge < -0.3 is 14.8 Å². The van der Waals surface area contributed by atoms with Gasteiger partial charge in [-0.15, -0.1) is 0 Å². The first-order valence-electron chi connectivity index (χ1n) is 11.0. The summed E-state index contributed by atoms with van der Waals surface area (Å²) >= 11 is 0. The van der Waals surface area contributed by atoms with Crippen LogP contribution in [-0.2, 0) is 19.5 Å². The van der Waals surface area contributed by atoms with Crippen molar-refractivity contribution in [3.8, 4) is 0 Å². The maximum atomic E-state index is 13.4. The van der Waals surface area contributed by atoms with Crippen LogP contribution >= 0.6 is 0 Å². The fourth-order valence-corrected chi connectivity index (χ4v) is 5.23. The van der Waals surface area contributed by atoms with Crippen molar-refractivity contribution < 1.29 is 18.4 Å². The quantitative estimate of drug-likeness (QED) is 0.681. The molecule has 7 nitrogen and oxygen atoms in total. The number of amides is 2. The molecule has 0 radical (unpaired) electrons. The molecule has 1 fully saturated rings. The van der Waals surface area contributed by atoms with E-state index < -0.39 is 18.5 Å². The average Bonchev–Trinajstić information content (AvgIpc) is 3.32. The van der Waals surface area contributed by atoms with Crippen molar-refractivity contribution in [1.82, 2.24) is 24.6 Å². The highest BCUT2D eigenvalue weighted by atomic mass is 19.3. The van der Waals surface area contributed by atoms with Crippen molar-refractivity contribution in [1.29, 1.82) is 0 Å². The second-order valence-corrected chi connectivity index (χ2v) is 9.03. The van der Waals surface area contributed by atoms with Gasteiger partial charge in [0, 0.05) is 41.5 Å². The van der Waals surface area contributed by atoms with Crippen LogP contribution in [0.3, 0.4) is 0 Å². The Balaban J connectivity index is 1.32. The van der Waals surface area contributed by atoms with Crippen molar-refractivity contribution in [2.45, 2.75) is 50.7 Å². The minimum Gasteiger partial charge on any atom is -0.351 e. The Morgan fingerprint density at radius 1 is 1.19 bits per heavy atom. The van der Waals surface area contributed by atoms with Crippen molar-refractivity contribution in [2.75, 3.05) is 13.1 Å². The second kappa shape index (κ2) is 6.88. The van der Waals surface area contributed by atoms with E-state index in [1.807, 2.05) is 30.3 Å². The minimum absolute atomic E-state index is 0.143. The minimum atomic E-state index is -2.58. The average molecular weight is 439 g/mol. The summed E-state index contributed by atoms with van der Waals surface area (Å²) in [5, 5.41) is 5.60. The van der Waals surface area contributed by atoms with Gasteiger partial charge in [0.1, 0.15) is 11.4 Å². The first kappa shape index (κ1) is 19.5. The lowest BCUT2D eigenvalue weighted by atomic mass is 10.0. The van der Waals surface area contributed by atoms with Gasteiger partial charge in [-0.25, -0.2) is 8.78 Å². The number of aromatic nitrogens is 3. The number of alkyl halides is 2. The van der Waals surface area contributed by atoms with Gasteiger partial charge in [0.15, 0.2) is 0 Å². The molecule has 0 saturated heterocycles.